The fourth-order valence-corrected chi connectivity index (χ4v) is 2.76. The first-order valence-electron chi connectivity index (χ1n) is 4.92. The van der Waals surface area contributed by atoms with E-state index in [1.165, 1.54) is 15.9 Å². The molecule has 0 N–H and O–H groups in total. The van der Waals surface area contributed by atoms with Crippen LogP contribution in [-0.2, 0) is 12.8 Å². The van der Waals surface area contributed by atoms with Gasteiger partial charge in [-0.2, -0.15) is 18.3 Å². The highest BCUT2D eigenvalue weighted by Crippen LogP contribution is 2.37. The van der Waals surface area contributed by atoms with E-state index in [0.717, 1.165) is 5.69 Å². The van der Waals surface area contributed by atoms with Crippen LogP contribution in [0.25, 0.3) is 4.96 Å². The smallest absolute Gasteiger partial charge is 0.222 e. The molecule has 1 unspecified atom stereocenters. The zero-order valence-corrected chi connectivity index (χ0v) is 8.98. The molecule has 86 valence electrons. The summed E-state index contributed by atoms with van der Waals surface area (Å²) in [6.45, 7) is 0. The van der Waals surface area contributed by atoms with Crippen LogP contribution in [0.15, 0.2) is 5.51 Å². The number of imidazole rings is 1. The number of hydrogen-bond acceptors (Lipinski definition) is 3. The van der Waals surface area contributed by atoms with Crippen LogP contribution in [0, 0.1) is 5.92 Å². The van der Waals surface area contributed by atoms with Crippen LogP contribution < -0.4 is 0 Å². The molecular weight excluding hydrogens is 239 g/mol. The highest BCUT2D eigenvalue weighted by molar-refractivity contribution is 7.14. The Bertz CT molecular complexity index is 528. The van der Waals surface area contributed by atoms with Crippen LogP contribution >= 0.6 is 11.3 Å². The Morgan fingerprint density at radius 3 is 3.00 bits per heavy atom. The van der Waals surface area contributed by atoms with Gasteiger partial charge in [-0.3, -0.25) is 0 Å². The van der Waals surface area contributed by atoms with Gasteiger partial charge in [0.1, 0.15) is 5.51 Å². The van der Waals surface area contributed by atoms with E-state index in [2.05, 4.69) is 10.1 Å². The molecule has 0 amide bonds. The molecule has 0 radical (unpaired) electrons. The highest BCUT2D eigenvalue weighted by Gasteiger charge is 2.42. The van der Waals surface area contributed by atoms with Crippen molar-refractivity contribution in [3.8, 4) is 0 Å². The minimum absolute atomic E-state index is 0.00370. The summed E-state index contributed by atoms with van der Waals surface area (Å²) in [5.41, 5.74) is 3.00. The van der Waals surface area contributed by atoms with Gasteiger partial charge in [0.15, 0.2) is 0 Å². The van der Waals surface area contributed by atoms with E-state index in [1.807, 2.05) is 0 Å². The largest absolute Gasteiger partial charge is 0.392 e. The lowest BCUT2D eigenvalue weighted by Crippen LogP contribution is -2.29. The molecule has 0 fully saturated rings. The fourth-order valence-electron chi connectivity index (χ4n) is 2.11. The van der Waals surface area contributed by atoms with E-state index in [4.69, 9.17) is 0 Å². The van der Waals surface area contributed by atoms with Gasteiger partial charge in [0.25, 0.3) is 0 Å². The number of halogens is 3. The van der Waals surface area contributed by atoms with Crippen molar-refractivity contribution in [3.63, 3.8) is 0 Å². The maximum absolute atomic E-state index is 12.6. The fraction of sp³-hybridized carbons (Fsp3) is 0.556. The quantitative estimate of drug-likeness (QED) is 0.715. The summed E-state index contributed by atoms with van der Waals surface area (Å²) in [5, 5.41) is 4.01. The monoisotopic (exact) mass is 247 g/mol. The number of nitrogens with zero attached hydrogens (tertiary/aromatic N) is 3. The van der Waals surface area contributed by atoms with E-state index < -0.39 is 12.1 Å². The molecule has 1 atom stereocenters. The van der Waals surface area contributed by atoms with Crippen molar-refractivity contribution in [2.75, 3.05) is 0 Å². The Morgan fingerprint density at radius 2 is 2.25 bits per heavy atom. The molecule has 0 saturated carbocycles. The van der Waals surface area contributed by atoms with Crippen LogP contribution in [0.5, 0.6) is 0 Å². The van der Waals surface area contributed by atoms with Gasteiger partial charge in [0.05, 0.1) is 17.3 Å². The molecule has 0 aliphatic heterocycles. The molecule has 7 heteroatoms. The molecule has 2 heterocycles. The van der Waals surface area contributed by atoms with E-state index >= 15 is 0 Å². The van der Waals surface area contributed by atoms with Crippen molar-refractivity contribution in [3.05, 3.63) is 16.9 Å². The Hall–Kier alpha value is -1.11. The van der Waals surface area contributed by atoms with Crippen LogP contribution in [0.1, 0.15) is 17.8 Å². The third kappa shape index (κ3) is 1.41. The zero-order valence-electron chi connectivity index (χ0n) is 8.16. The molecule has 2 aromatic heterocycles. The minimum atomic E-state index is -4.11. The number of aromatic nitrogens is 3. The van der Waals surface area contributed by atoms with Gasteiger partial charge in [-0.25, -0.2) is 9.50 Å². The van der Waals surface area contributed by atoms with Crippen molar-refractivity contribution in [2.45, 2.75) is 25.4 Å². The lowest BCUT2D eigenvalue weighted by Gasteiger charge is -2.23. The zero-order chi connectivity index (χ0) is 11.3. The van der Waals surface area contributed by atoms with Crippen molar-refractivity contribution in [1.29, 1.82) is 0 Å². The third-order valence-electron chi connectivity index (χ3n) is 2.95. The second-order valence-corrected chi connectivity index (χ2v) is 4.73. The lowest BCUT2D eigenvalue weighted by atomic mass is 9.89. The van der Waals surface area contributed by atoms with Gasteiger partial charge in [-0.1, -0.05) is 11.3 Å². The summed E-state index contributed by atoms with van der Waals surface area (Å²) in [6.07, 6.45) is -3.57. The summed E-state index contributed by atoms with van der Waals surface area (Å²) in [4.78, 5) is 4.97. The van der Waals surface area contributed by atoms with Crippen molar-refractivity contribution < 1.29 is 13.2 Å². The second kappa shape index (κ2) is 3.19. The summed E-state index contributed by atoms with van der Waals surface area (Å²) < 4.78 is 39.4. The molecule has 1 aliphatic rings. The average Bonchev–Trinajstić information content (AvgIpc) is 2.74. The van der Waals surface area contributed by atoms with Crippen molar-refractivity contribution in [2.24, 2.45) is 5.92 Å². The second-order valence-electron chi connectivity index (χ2n) is 3.92. The van der Waals surface area contributed by atoms with Gasteiger partial charge < -0.3 is 0 Å². The Labute approximate surface area is 92.9 Å². The Morgan fingerprint density at radius 1 is 1.44 bits per heavy atom. The predicted molar refractivity (Wildman–Crippen MR) is 52.4 cm³/mol. The number of rotatable bonds is 0. The SMILES string of the molecule is FC(F)(F)C1CCc2nc3scnn3c2C1. The molecular formula is C9H8F3N3S. The van der Waals surface area contributed by atoms with Gasteiger partial charge in [-0.15, -0.1) is 0 Å². The van der Waals surface area contributed by atoms with E-state index in [9.17, 15) is 13.2 Å². The molecule has 3 rings (SSSR count). The van der Waals surface area contributed by atoms with E-state index in [1.54, 1.807) is 5.51 Å². The summed E-state index contributed by atoms with van der Waals surface area (Å²) >= 11 is 1.35. The van der Waals surface area contributed by atoms with Gasteiger partial charge >= 0.3 is 6.18 Å². The van der Waals surface area contributed by atoms with Crippen molar-refractivity contribution >= 4 is 16.3 Å². The molecule has 0 aromatic carbocycles. The highest BCUT2D eigenvalue weighted by atomic mass is 32.1. The summed E-state index contributed by atoms with van der Waals surface area (Å²) in [5.74, 6) is -1.25. The molecule has 16 heavy (non-hydrogen) atoms. The van der Waals surface area contributed by atoms with Crippen LogP contribution in [0.3, 0.4) is 0 Å². The maximum Gasteiger partial charge on any atom is 0.392 e. The standard InChI is InChI=1S/C9H8F3N3S/c10-9(11,12)5-1-2-6-7(3-5)15-8(14-6)16-4-13-15/h4-5H,1-3H2. The molecule has 2 aromatic rings. The van der Waals surface area contributed by atoms with Gasteiger partial charge in [-0.05, 0) is 12.8 Å². The van der Waals surface area contributed by atoms with Crippen LogP contribution in [0.4, 0.5) is 13.2 Å². The number of hydrogen-bond donors (Lipinski definition) is 0. The number of alkyl halides is 3. The van der Waals surface area contributed by atoms with Crippen LogP contribution in [0.2, 0.25) is 0 Å². The molecule has 0 bridgehead atoms. The Balaban J connectivity index is 2.03. The molecule has 1 aliphatic carbocycles. The lowest BCUT2D eigenvalue weighted by molar-refractivity contribution is -0.177. The summed E-state index contributed by atoms with van der Waals surface area (Å²) in [6, 6.07) is 0. The maximum atomic E-state index is 12.6. The molecule has 3 nitrogen and oxygen atoms in total. The van der Waals surface area contributed by atoms with E-state index in [0.29, 0.717) is 17.1 Å². The molecule has 0 saturated heterocycles. The van der Waals surface area contributed by atoms with Crippen LogP contribution in [-0.4, -0.2) is 20.8 Å². The first kappa shape index (κ1) is 10.1. The summed E-state index contributed by atoms with van der Waals surface area (Å²) in [7, 11) is 0. The first-order valence-corrected chi connectivity index (χ1v) is 5.80. The molecule has 0 spiro atoms. The Kier molecular flexibility index (Phi) is 2.01. The average molecular weight is 247 g/mol. The number of aryl methyl sites for hydroxylation is 1. The normalized spacial score (nSPS) is 21.3. The van der Waals surface area contributed by atoms with Crippen molar-refractivity contribution in [1.82, 2.24) is 14.6 Å². The topological polar surface area (TPSA) is 30.2 Å². The predicted octanol–water partition coefficient (Wildman–Crippen LogP) is 2.46. The first-order chi connectivity index (χ1) is 7.55. The van der Waals surface area contributed by atoms with Gasteiger partial charge in [0, 0.05) is 6.42 Å². The van der Waals surface area contributed by atoms with E-state index in [-0.39, 0.29) is 12.8 Å². The van der Waals surface area contributed by atoms with Gasteiger partial charge in [0.2, 0.25) is 4.96 Å². The number of fused-ring (bicyclic) bond motifs is 3. The third-order valence-corrected chi connectivity index (χ3v) is 3.63. The minimum Gasteiger partial charge on any atom is -0.222 e.